The molecule has 0 aromatic carbocycles. The van der Waals surface area contributed by atoms with Crippen molar-refractivity contribution in [2.45, 2.75) is 12.4 Å². The van der Waals surface area contributed by atoms with E-state index in [1.165, 1.54) is 12.4 Å². The van der Waals surface area contributed by atoms with Crippen LogP contribution in [0.2, 0.25) is 0 Å². The predicted molar refractivity (Wildman–Crippen MR) is 43.6 cm³/mol. The zero-order valence-electron chi connectivity index (χ0n) is 7.90. The topological polar surface area (TPSA) is 61.1 Å². The Bertz CT molecular complexity index is 405. The van der Waals surface area contributed by atoms with Crippen LogP contribution in [-0.4, -0.2) is 18.5 Å². The number of hydrogen-bond acceptors (Lipinski definition) is 3. The quantitative estimate of drug-likeness (QED) is 0.398. The van der Waals surface area contributed by atoms with Gasteiger partial charge in [-0.3, -0.25) is 0 Å². The molecule has 1 aromatic rings. The summed E-state index contributed by atoms with van der Waals surface area (Å²) < 4.78 is 70.9. The molecule has 0 amide bonds. The van der Waals surface area contributed by atoms with Crippen LogP contribution in [0.4, 0.5) is 17.7 Å². The molecule has 0 saturated heterocycles. The Morgan fingerprint density at radius 3 is 1.75 bits per heavy atom. The second-order valence-corrected chi connectivity index (χ2v) is 3.99. The average molecular weight is 261 g/mol. The lowest BCUT2D eigenvalue weighted by atomic mass is 10.3. The Balaban J connectivity index is 0.000000281. The normalized spacial score (nSPS) is 11.6. The van der Waals surface area contributed by atoms with Crippen molar-refractivity contribution in [3.05, 3.63) is 30.1 Å². The average Bonchev–Trinajstić information content (AvgIpc) is 2.08. The lowest BCUT2D eigenvalue weighted by Gasteiger charge is -2.08. The molecule has 0 bridgehead atoms. The van der Waals surface area contributed by atoms with Gasteiger partial charge >= 0.3 is 5.51 Å². The molecule has 0 N–H and O–H groups in total. The lowest BCUT2D eigenvalue weighted by Crippen LogP contribution is -2.21. The van der Waals surface area contributed by atoms with Crippen molar-refractivity contribution < 1.29 is 35.4 Å². The fourth-order valence-corrected chi connectivity index (χ4v) is 0.483. The van der Waals surface area contributed by atoms with Gasteiger partial charge in [-0.25, -0.2) is 8.42 Å². The molecule has 1 aromatic heterocycles. The van der Waals surface area contributed by atoms with Crippen LogP contribution in [0, 0.1) is 6.92 Å². The van der Waals surface area contributed by atoms with E-state index in [0.29, 0.717) is 4.79 Å². The molecule has 0 saturated carbocycles. The summed E-state index contributed by atoms with van der Waals surface area (Å²) in [6, 6.07) is 3.42. The van der Waals surface area contributed by atoms with E-state index in [-0.39, 0.29) is 0 Å². The molecular formula is C7H7F4NO3S. The van der Waals surface area contributed by atoms with Crippen molar-refractivity contribution in [1.29, 1.82) is 0 Å². The summed E-state index contributed by atoms with van der Waals surface area (Å²) in [6.45, 7) is 1.92. The van der Waals surface area contributed by atoms with E-state index >= 15 is 0 Å². The summed E-state index contributed by atoms with van der Waals surface area (Å²) in [4.78, 5) is 0.521. The fraction of sp³-hybridized carbons (Fsp3) is 0.286. The highest BCUT2D eigenvalue weighted by Gasteiger charge is 2.36. The Morgan fingerprint density at radius 1 is 1.25 bits per heavy atom. The van der Waals surface area contributed by atoms with Gasteiger partial charge in [0.05, 0.1) is 4.48 Å². The molecule has 0 aliphatic rings. The lowest BCUT2D eigenvalue weighted by molar-refractivity contribution is -0.843. The van der Waals surface area contributed by atoms with Gasteiger partial charge in [-0.1, -0.05) is 0 Å². The van der Waals surface area contributed by atoms with Crippen molar-refractivity contribution in [3.8, 4) is 0 Å². The minimum Gasteiger partial charge on any atom is -0.741 e. The highest BCUT2D eigenvalue weighted by Crippen LogP contribution is 2.20. The number of nitrogens with zero attached hydrogens (tertiary/aromatic N) is 1. The molecule has 0 spiro atoms. The zero-order valence-corrected chi connectivity index (χ0v) is 8.72. The third kappa shape index (κ3) is 5.61. The number of rotatable bonds is 0. The highest BCUT2D eigenvalue weighted by molar-refractivity contribution is 7.86. The first-order valence-corrected chi connectivity index (χ1v) is 5.11. The van der Waals surface area contributed by atoms with Crippen LogP contribution in [0.25, 0.3) is 0 Å². The van der Waals surface area contributed by atoms with E-state index in [2.05, 4.69) is 0 Å². The predicted octanol–water partition coefficient (Wildman–Crippen LogP) is 1.07. The second-order valence-electron chi connectivity index (χ2n) is 2.62. The van der Waals surface area contributed by atoms with Gasteiger partial charge in [0.15, 0.2) is 10.1 Å². The van der Waals surface area contributed by atoms with Crippen LogP contribution in [0.15, 0.2) is 24.5 Å². The largest absolute Gasteiger partial charge is 0.741 e. The third-order valence-electron chi connectivity index (χ3n) is 1.24. The van der Waals surface area contributed by atoms with E-state index < -0.39 is 15.6 Å². The molecule has 9 heteroatoms. The minimum atomic E-state index is -6.09. The molecule has 0 fully saturated rings. The maximum absolute atomic E-state index is 12.0. The zero-order chi connectivity index (χ0) is 13.0. The van der Waals surface area contributed by atoms with Crippen molar-refractivity contribution in [2.24, 2.45) is 0 Å². The van der Waals surface area contributed by atoms with Crippen molar-refractivity contribution >= 4 is 10.1 Å². The smallest absolute Gasteiger partial charge is 0.485 e. The molecule has 0 aliphatic heterocycles. The molecule has 0 unspecified atom stereocenters. The highest BCUT2D eigenvalue weighted by atomic mass is 32.2. The summed E-state index contributed by atoms with van der Waals surface area (Å²) in [7, 11) is -6.09. The SMILES string of the molecule is Cc1cc[n+](F)cc1.O=S(=O)([O-])C(F)(F)F. The number of alkyl halides is 3. The van der Waals surface area contributed by atoms with Gasteiger partial charge in [-0.15, -0.1) is 0 Å². The number of halogens is 4. The van der Waals surface area contributed by atoms with E-state index in [9.17, 15) is 17.7 Å². The van der Waals surface area contributed by atoms with Crippen LogP contribution in [0.1, 0.15) is 5.56 Å². The number of aryl methyl sites for hydroxylation is 1. The molecule has 16 heavy (non-hydrogen) atoms. The fourth-order valence-electron chi connectivity index (χ4n) is 0.483. The van der Waals surface area contributed by atoms with Crippen LogP contribution in [0.3, 0.4) is 0 Å². The van der Waals surface area contributed by atoms with Gasteiger partial charge in [0.1, 0.15) is 0 Å². The van der Waals surface area contributed by atoms with Gasteiger partial charge in [-0.05, 0) is 12.5 Å². The summed E-state index contributed by atoms with van der Waals surface area (Å²) in [5, 5.41) is 0. The maximum Gasteiger partial charge on any atom is 0.485 e. The van der Waals surface area contributed by atoms with E-state index in [4.69, 9.17) is 13.0 Å². The first-order valence-electron chi connectivity index (χ1n) is 3.70. The first kappa shape index (κ1) is 14.8. The van der Waals surface area contributed by atoms with E-state index in [0.717, 1.165) is 5.56 Å². The van der Waals surface area contributed by atoms with Crippen molar-refractivity contribution in [3.63, 3.8) is 0 Å². The summed E-state index contributed by atoms with van der Waals surface area (Å²) in [5.41, 5.74) is -4.58. The summed E-state index contributed by atoms with van der Waals surface area (Å²) in [5.74, 6) is 0. The standard InChI is InChI=1S/C6H7FN.CHF3O3S/c1-6-2-4-8(7)5-3-6;2-1(3,4)8(5,6)7/h2-5H,1H3;(H,5,6,7)/q+1;/p-1. The van der Waals surface area contributed by atoms with Gasteiger partial charge < -0.3 is 4.55 Å². The molecule has 0 radical (unpaired) electrons. The molecule has 1 heterocycles. The van der Waals surface area contributed by atoms with Crippen molar-refractivity contribution in [1.82, 2.24) is 0 Å². The summed E-state index contributed by atoms with van der Waals surface area (Å²) >= 11 is 0. The number of pyridine rings is 1. The van der Waals surface area contributed by atoms with Crippen LogP contribution < -0.4 is 4.79 Å². The Hall–Kier alpha value is -1.22. The Morgan fingerprint density at radius 2 is 1.56 bits per heavy atom. The maximum atomic E-state index is 12.0. The minimum absolute atomic E-state index is 0.521. The first-order chi connectivity index (χ1) is 7.04. The van der Waals surface area contributed by atoms with Crippen LogP contribution in [0.5, 0.6) is 0 Å². The van der Waals surface area contributed by atoms with E-state index in [1.807, 2.05) is 6.92 Å². The molecular weight excluding hydrogens is 254 g/mol. The molecule has 92 valence electrons. The molecule has 0 atom stereocenters. The molecule has 0 aliphatic carbocycles. The molecule has 4 nitrogen and oxygen atoms in total. The van der Waals surface area contributed by atoms with Crippen molar-refractivity contribution in [2.75, 3.05) is 0 Å². The number of aromatic nitrogens is 1. The monoisotopic (exact) mass is 261 g/mol. The van der Waals surface area contributed by atoms with Gasteiger partial charge in [0.25, 0.3) is 0 Å². The molecule has 1 rings (SSSR count). The third-order valence-corrected chi connectivity index (χ3v) is 1.81. The van der Waals surface area contributed by atoms with Gasteiger partial charge in [0, 0.05) is 16.9 Å². The van der Waals surface area contributed by atoms with Crippen LogP contribution >= 0.6 is 0 Å². The van der Waals surface area contributed by atoms with E-state index in [1.54, 1.807) is 12.1 Å². The van der Waals surface area contributed by atoms with Gasteiger partial charge in [-0.2, -0.15) is 13.2 Å². The Labute approximate surface area is 88.8 Å². The number of hydrogen-bond donors (Lipinski definition) is 0. The Kier molecular flexibility index (Phi) is 4.81. The summed E-state index contributed by atoms with van der Waals surface area (Å²) in [6.07, 6.45) is 2.74. The second kappa shape index (κ2) is 5.21. The van der Waals surface area contributed by atoms with Gasteiger partial charge in [0.2, 0.25) is 12.4 Å². The van der Waals surface area contributed by atoms with Crippen LogP contribution in [-0.2, 0) is 10.1 Å².